The van der Waals surface area contributed by atoms with Gasteiger partial charge in [-0.05, 0) is 0 Å². The Morgan fingerprint density at radius 3 is 2.25 bits per heavy atom. The first-order chi connectivity index (χ1) is 5.04. The van der Waals surface area contributed by atoms with Crippen LogP contribution in [0.2, 0.25) is 0 Å². The Labute approximate surface area is 116 Å². The molecule has 0 aliphatic rings. The first kappa shape index (κ1) is 15.4. The number of hydrogen-bond donors (Lipinski definition) is 3. The average Bonchev–Trinajstić information content (AvgIpc) is 1.86. The molecule has 66 valence electrons. The summed E-state index contributed by atoms with van der Waals surface area (Å²) in [6.07, 6.45) is 0. The second kappa shape index (κ2) is 8.48. The van der Waals surface area contributed by atoms with Crippen LogP contribution in [0.1, 0.15) is 0 Å². The van der Waals surface area contributed by atoms with Crippen LogP contribution in [-0.2, 0) is 9.59 Å². The third kappa shape index (κ3) is 8.98. The summed E-state index contributed by atoms with van der Waals surface area (Å²) in [6.45, 7) is 0. The van der Waals surface area contributed by atoms with Crippen LogP contribution in [0, 0.1) is 0 Å². The van der Waals surface area contributed by atoms with Crippen molar-refractivity contribution in [3.8, 4) is 0 Å². The molecular formula is C5H10KNO4S. The Morgan fingerprint density at radius 1 is 1.42 bits per heavy atom. The van der Waals surface area contributed by atoms with Crippen LogP contribution < -0.4 is 5.73 Å². The molecule has 0 aliphatic heterocycles. The van der Waals surface area contributed by atoms with E-state index in [0.29, 0.717) is 0 Å². The Morgan fingerprint density at radius 2 is 1.92 bits per heavy atom. The molecule has 0 rings (SSSR count). The summed E-state index contributed by atoms with van der Waals surface area (Å²) in [5.41, 5.74) is 5.09. The predicted molar refractivity (Wildman–Crippen MR) is 47.7 cm³/mol. The number of nitrogens with two attached hydrogens (primary N) is 1. The van der Waals surface area contributed by atoms with Crippen LogP contribution >= 0.6 is 11.8 Å². The molecular weight excluding hydrogens is 209 g/mol. The zero-order valence-electron chi connectivity index (χ0n) is 5.69. The van der Waals surface area contributed by atoms with E-state index in [2.05, 4.69) is 0 Å². The van der Waals surface area contributed by atoms with Gasteiger partial charge in [-0.1, -0.05) is 0 Å². The second-order valence-electron chi connectivity index (χ2n) is 1.85. The van der Waals surface area contributed by atoms with Gasteiger partial charge in [0, 0.05) is 5.75 Å². The van der Waals surface area contributed by atoms with Gasteiger partial charge >= 0.3 is 63.3 Å². The number of rotatable bonds is 5. The van der Waals surface area contributed by atoms with Crippen LogP contribution in [0.15, 0.2) is 0 Å². The number of carboxylic acid groups (broad SMARTS) is 2. The molecule has 0 aliphatic carbocycles. The molecule has 0 spiro atoms. The minimum atomic E-state index is -1.11. The van der Waals surface area contributed by atoms with Crippen molar-refractivity contribution in [1.82, 2.24) is 0 Å². The Balaban J connectivity index is 0. The monoisotopic (exact) mass is 219 g/mol. The van der Waals surface area contributed by atoms with Crippen molar-refractivity contribution in [2.45, 2.75) is 6.04 Å². The molecule has 0 bridgehead atoms. The summed E-state index contributed by atoms with van der Waals surface area (Å²) in [6, 6.07) is -0.973. The maximum atomic E-state index is 10.1. The van der Waals surface area contributed by atoms with E-state index >= 15 is 0 Å². The van der Waals surface area contributed by atoms with Gasteiger partial charge in [0.05, 0.1) is 5.75 Å². The van der Waals surface area contributed by atoms with Gasteiger partial charge in [-0.3, -0.25) is 9.59 Å². The van der Waals surface area contributed by atoms with Gasteiger partial charge in [0.1, 0.15) is 6.04 Å². The number of thioether (sulfide) groups is 1. The van der Waals surface area contributed by atoms with Crippen molar-refractivity contribution in [2.75, 3.05) is 11.5 Å². The molecule has 0 aromatic heterocycles. The maximum absolute atomic E-state index is 10.1. The SMILES string of the molecule is N[C@H](CSCC(=O)O)C(=O)O.[KH]. The summed E-state index contributed by atoms with van der Waals surface area (Å²) >= 11 is 0.992. The molecule has 0 amide bonds. The minimum absolute atomic E-state index is 0. The molecule has 0 unspecified atom stereocenters. The molecule has 0 heterocycles. The first-order valence-electron chi connectivity index (χ1n) is 2.82. The van der Waals surface area contributed by atoms with E-state index in [9.17, 15) is 9.59 Å². The molecule has 0 saturated heterocycles. The zero-order valence-corrected chi connectivity index (χ0v) is 6.50. The summed E-state index contributed by atoms with van der Waals surface area (Å²) < 4.78 is 0. The van der Waals surface area contributed by atoms with E-state index in [1.165, 1.54) is 0 Å². The fourth-order valence-corrected chi connectivity index (χ4v) is 1.03. The Bertz CT molecular complexity index is 166. The number of carboxylic acids is 2. The van der Waals surface area contributed by atoms with Crippen LogP contribution in [0.5, 0.6) is 0 Å². The van der Waals surface area contributed by atoms with E-state index in [4.69, 9.17) is 15.9 Å². The van der Waals surface area contributed by atoms with Crippen molar-refractivity contribution in [1.29, 1.82) is 0 Å². The molecule has 12 heavy (non-hydrogen) atoms. The summed E-state index contributed by atoms with van der Waals surface area (Å²) in [7, 11) is 0. The predicted octanol–water partition coefficient (Wildman–Crippen LogP) is -1.43. The van der Waals surface area contributed by atoms with Crippen LogP contribution in [0.25, 0.3) is 0 Å². The zero-order chi connectivity index (χ0) is 8.85. The Kier molecular flexibility index (Phi) is 10.9. The summed E-state index contributed by atoms with van der Waals surface area (Å²) in [4.78, 5) is 20.0. The third-order valence-corrected chi connectivity index (χ3v) is 1.89. The molecule has 7 heteroatoms. The summed E-state index contributed by atoms with van der Waals surface area (Å²) in [5, 5.41) is 16.4. The molecule has 0 aromatic carbocycles. The molecule has 0 radical (unpaired) electrons. The van der Waals surface area contributed by atoms with E-state index in [0.717, 1.165) is 11.8 Å². The van der Waals surface area contributed by atoms with Gasteiger partial charge in [-0.25, -0.2) is 0 Å². The van der Waals surface area contributed by atoms with Crippen LogP contribution in [0.4, 0.5) is 0 Å². The normalized spacial score (nSPS) is 11.4. The molecule has 0 saturated carbocycles. The van der Waals surface area contributed by atoms with E-state index < -0.39 is 18.0 Å². The number of hydrogen-bond acceptors (Lipinski definition) is 4. The van der Waals surface area contributed by atoms with Crippen molar-refractivity contribution in [2.24, 2.45) is 5.73 Å². The molecule has 1 atom stereocenters. The quantitative estimate of drug-likeness (QED) is 0.490. The van der Waals surface area contributed by atoms with Crippen LogP contribution in [-0.4, -0.2) is 91.1 Å². The van der Waals surface area contributed by atoms with Gasteiger partial charge in [-0.15, -0.1) is 11.8 Å². The second-order valence-corrected chi connectivity index (χ2v) is 2.88. The third-order valence-electron chi connectivity index (χ3n) is 0.840. The van der Waals surface area contributed by atoms with Gasteiger partial charge < -0.3 is 15.9 Å². The fourth-order valence-electron chi connectivity index (χ4n) is 0.344. The molecule has 0 aromatic rings. The molecule has 4 N–H and O–H groups in total. The van der Waals surface area contributed by atoms with Crippen molar-refractivity contribution >= 4 is 75.1 Å². The number of aliphatic carboxylic acids is 2. The van der Waals surface area contributed by atoms with Gasteiger partial charge in [0.15, 0.2) is 0 Å². The van der Waals surface area contributed by atoms with Gasteiger partial charge in [0.25, 0.3) is 0 Å². The standard InChI is InChI=1S/C5H9NO4S.K.H/c6-3(5(9)10)1-11-2-4(7)8;;/h3H,1-2,6H2,(H,7,8)(H,9,10);;/t3-;;/m1../s1. The first-order valence-corrected chi connectivity index (χ1v) is 3.97. The average molecular weight is 219 g/mol. The number of carbonyl (C=O) groups is 2. The van der Waals surface area contributed by atoms with E-state index in [1.807, 2.05) is 0 Å². The topological polar surface area (TPSA) is 101 Å². The van der Waals surface area contributed by atoms with Crippen LogP contribution in [0.3, 0.4) is 0 Å². The summed E-state index contributed by atoms with van der Waals surface area (Å²) in [5.74, 6) is -2.06. The molecule has 5 nitrogen and oxygen atoms in total. The van der Waals surface area contributed by atoms with Gasteiger partial charge in [0.2, 0.25) is 0 Å². The van der Waals surface area contributed by atoms with Crippen molar-refractivity contribution < 1.29 is 19.8 Å². The fraction of sp³-hybridized carbons (Fsp3) is 0.600. The van der Waals surface area contributed by atoms with Crippen molar-refractivity contribution in [3.63, 3.8) is 0 Å². The Hall–Kier alpha value is 0.886. The molecule has 0 fully saturated rings. The van der Waals surface area contributed by atoms with E-state index in [-0.39, 0.29) is 62.9 Å². The van der Waals surface area contributed by atoms with E-state index in [1.54, 1.807) is 0 Å². The van der Waals surface area contributed by atoms with Crippen molar-refractivity contribution in [3.05, 3.63) is 0 Å². The van der Waals surface area contributed by atoms with Gasteiger partial charge in [-0.2, -0.15) is 0 Å².